The van der Waals surface area contributed by atoms with Crippen molar-refractivity contribution in [3.05, 3.63) is 39.4 Å². The average molecular weight is 449 g/mol. The van der Waals surface area contributed by atoms with E-state index in [2.05, 4.69) is 12.2 Å². The van der Waals surface area contributed by atoms with Crippen molar-refractivity contribution in [2.45, 2.75) is 0 Å². The molecule has 0 saturated carbocycles. The first-order chi connectivity index (χ1) is 7.00. The molecule has 9 heteroatoms. The van der Waals surface area contributed by atoms with Gasteiger partial charge in [0.1, 0.15) is 0 Å². The third kappa shape index (κ3) is 1790. The summed E-state index contributed by atoms with van der Waals surface area (Å²) in [6.45, 7) is 28.5. The van der Waals surface area contributed by atoms with Gasteiger partial charge in [-0.15, -0.1) is 0 Å². The molecule has 0 saturated heterocycles. The van der Waals surface area contributed by atoms with Crippen molar-refractivity contribution in [2.75, 3.05) is 0 Å². The van der Waals surface area contributed by atoms with Crippen LogP contribution in [0.5, 0.6) is 0 Å². The second-order valence-corrected chi connectivity index (χ2v) is 0. The molecule has 0 spiro atoms. The molecule has 0 atom stereocenters. The van der Waals surface area contributed by atoms with Gasteiger partial charge in [0.05, 0.1) is 0 Å². The maximum Gasteiger partial charge on any atom is 2.00 e. The second kappa shape index (κ2) is 2130. The predicted octanol–water partition coefficient (Wildman–Crippen LogP) is -0.186. The molecule has 0 heterocycles. The van der Waals surface area contributed by atoms with Crippen LogP contribution in [0.15, 0.2) is 0 Å². The van der Waals surface area contributed by atoms with Crippen LogP contribution in [0.1, 0.15) is 0 Å². The molecule has 74 valence electrons. The van der Waals surface area contributed by atoms with Gasteiger partial charge in [0.2, 0.25) is 0 Å². The Balaban J connectivity index is -0.00000000628. The molecule has 4 radical (unpaired) electrons. The number of hydrogen-bond acceptors (Lipinski definition) is 6. The van der Waals surface area contributed by atoms with Crippen LogP contribution in [0.2, 0.25) is 0 Å². The summed E-state index contributed by atoms with van der Waals surface area (Å²) in [5, 5.41) is 37.5. The fraction of sp³-hybridized carbons (Fsp3) is 0. The van der Waals surface area contributed by atoms with E-state index in [0.717, 1.165) is 0 Å². The third-order valence-electron chi connectivity index (χ3n) is 0. The quantitative estimate of drug-likeness (QED) is 0.371. The van der Waals surface area contributed by atoms with Gasteiger partial charge in [0, 0.05) is 0 Å². The van der Waals surface area contributed by atoms with Gasteiger partial charge in [-0.3, -0.25) is 0 Å². The Morgan fingerprint density at radius 2 is 0.467 bits per heavy atom. The van der Waals surface area contributed by atoms with E-state index in [0.29, 0.717) is 0 Å². The first-order valence-corrected chi connectivity index (χ1v) is 6.23. The van der Waals surface area contributed by atoms with Gasteiger partial charge in [-0.2, -0.15) is 0 Å². The second-order valence-electron chi connectivity index (χ2n) is 0. The maximum atomic E-state index is 6.25. The van der Waals surface area contributed by atoms with Gasteiger partial charge in [-0.05, 0) is 0 Å². The van der Waals surface area contributed by atoms with Crippen molar-refractivity contribution in [3.63, 3.8) is 0 Å². The van der Waals surface area contributed by atoms with Crippen molar-refractivity contribution >= 4 is 43.6 Å². The van der Waals surface area contributed by atoms with Crippen molar-refractivity contribution in [3.8, 4) is 0 Å². The Bertz CT molecular complexity index is 112. The normalized spacial score (nSPS) is 1.13. The first-order valence-electron chi connectivity index (χ1n) is 1.52. The van der Waals surface area contributed by atoms with Crippen LogP contribution in [0.3, 0.4) is 0 Å². The van der Waals surface area contributed by atoms with Gasteiger partial charge in [0.25, 0.3) is 0 Å². The van der Waals surface area contributed by atoms with Crippen LogP contribution >= 0.6 is 0 Å². The molecule has 0 aromatic rings. The van der Waals surface area contributed by atoms with E-state index >= 15 is 0 Å². The predicted molar refractivity (Wildman–Crippen MR) is 41.3 cm³/mol. The van der Waals surface area contributed by atoms with E-state index in [1.54, 1.807) is 0 Å². The Morgan fingerprint density at radius 3 is 0.467 bits per heavy atom. The Hall–Kier alpha value is -0.943. The monoisotopic (exact) mass is 452 g/mol. The molecular formula is C6FeN6Sn2-4. The summed E-state index contributed by atoms with van der Waals surface area (Å²) in [5.41, 5.74) is 0. The number of nitrogens with zero attached hydrogens (tertiary/aromatic N) is 6. The molecule has 6 nitrogen and oxygen atoms in total. The molecule has 0 bridgehead atoms. The minimum absolute atomic E-state index is 0. The van der Waals surface area contributed by atoms with E-state index in [-0.39, 0.29) is 23.9 Å². The third-order valence-corrected chi connectivity index (χ3v) is 0. The van der Waals surface area contributed by atoms with E-state index in [9.17, 15) is 0 Å². The van der Waals surface area contributed by atoms with Gasteiger partial charge >= 0.3 is 55.8 Å². The van der Waals surface area contributed by atoms with Gasteiger partial charge in [-0.25, -0.2) is 0 Å². The van der Waals surface area contributed by atoms with Crippen LogP contribution in [-0.2, 0) is 12.2 Å². The minimum Gasteiger partial charge on any atom is 2.00 e. The molecule has 0 aliphatic carbocycles. The molecule has 0 fully saturated rings. The summed E-state index contributed by atoms with van der Waals surface area (Å²) in [6, 6.07) is 0. The molecular weight excluding hydrogens is 449 g/mol. The number of hydrogen-bond donors (Lipinski definition) is 0. The summed E-state index contributed by atoms with van der Waals surface area (Å²) in [7, 11) is 0. The van der Waals surface area contributed by atoms with Crippen LogP contribution < -0.4 is 0 Å². The van der Waals surface area contributed by atoms with Gasteiger partial charge in [0.15, 0.2) is 0 Å². The van der Waals surface area contributed by atoms with Gasteiger partial charge in [-0.1, -0.05) is 0 Å². The molecule has 0 N–H and O–H groups in total. The smallest absolute Gasteiger partial charge is 2.00 e. The zero-order chi connectivity index (χ0) is 14.0. The van der Waals surface area contributed by atoms with Crippen molar-refractivity contribution in [1.29, 1.82) is 31.6 Å². The molecule has 0 aromatic carbocycles. The first kappa shape index (κ1) is 65.3. The van der Waals surface area contributed by atoms with Crippen molar-refractivity contribution in [2.24, 2.45) is 0 Å². The van der Waals surface area contributed by atoms with Crippen molar-refractivity contribution in [1.82, 2.24) is 0 Å². The largest absolute Gasteiger partial charge is 2.00 e. The van der Waals surface area contributed by atoms with Crippen LogP contribution in [0.4, 0.5) is 0 Å². The molecule has 15 heavy (non-hydrogen) atoms. The van der Waals surface area contributed by atoms with Crippen LogP contribution in [0, 0.1) is 71.0 Å². The summed E-state index contributed by atoms with van der Waals surface area (Å²) in [5.74, 6) is 0. The van der Waals surface area contributed by atoms with Crippen LogP contribution in [-0.4, -0.2) is 43.6 Å². The zero-order valence-electron chi connectivity index (χ0n) is 7.04. The summed E-state index contributed by atoms with van der Waals surface area (Å²) >= 11 is 4.64. The fourth-order valence-electron chi connectivity index (χ4n) is 0. The molecule has 0 unspecified atom stereocenters. The molecule has 0 amide bonds. The van der Waals surface area contributed by atoms with E-state index in [1.807, 2.05) is 0 Å². The van der Waals surface area contributed by atoms with E-state index in [4.69, 9.17) is 71.0 Å². The molecule has 0 rings (SSSR count). The molecule has 0 aliphatic heterocycles. The summed E-state index contributed by atoms with van der Waals surface area (Å²) in [6.07, 6.45) is 0. The maximum absolute atomic E-state index is 6.25. The zero-order valence-corrected chi connectivity index (χ0v) is 13.8. The van der Waals surface area contributed by atoms with Crippen LogP contribution in [0.25, 0.3) is 0 Å². The van der Waals surface area contributed by atoms with E-state index in [1.165, 1.54) is 19.7 Å². The summed E-state index contributed by atoms with van der Waals surface area (Å²) in [4.78, 5) is 0. The fourth-order valence-corrected chi connectivity index (χ4v) is 0. The Kier molecular flexibility index (Phi) is 9290. The van der Waals surface area contributed by atoms with E-state index < -0.39 is 0 Å². The SMILES string of the molecule is [C-]#N.[C-]#N.[C-]#N.[C-]#N.[C-]#N.[C-]#N.[Fe]=[Sn].[Sn+2]. The topological polar surface area (TPSA) is 143 Å². The van der Waals surface area contributed by atoms with Gasteiger partial charge < -0.3 is 71.0 Å². The van der Waals surface area contributed by atoms with Crippen molar-refractivity contribution < 1.29 is 12.2 Å². The minimum atomic E-state index is 0. The standard InChI is InChI=1S/6CN.Fe.2Sn/c6*1-2;;;/q6*-1;;;+2. The average Bonchev–Trinajstić information content (AvgIpc) is 2.45. The molecule has 0 aliphatic rings. The Morgan fingerprint density at radius 1 is 0.467 bits per heavy atom. The summed E-state index contributed by atoms with van der Waals surface area (Å²) < 4.78 is 0. The number of rotatable bonds is 0. The molecule has 0 aromatic heterocycles. The Labute approximate surface area is 126 Å².